The van der Waals surface area contributed by atoms with Gasteiger partial charge in [-0.1, -0.05) is 43.0 Å². The molecule has 1 heterocycles. The summed E-state index contributed by atoms with van der Waals surface area (Å²) >= 11 is 0. The van der Waals surface area contributed by atoms with Gasteiger partial charge in [0, 0.05) is 18.7 Å². The maximum atomic E-state index is 11.3. The number of carboxylic acid groups (broad SMARTS) is 1. The second-order valence-corrected chi connectivity index (χ2v) is 6.28. The van der Waals surface area contributed by atoms with Crippen molar-refractivity contribution in [2.24, 2.45) is 5.92 Å². The summed E-state index contributed by atoms with van der Waals surface area (Å²) < 4.78 is 5.85. The van der Waals surface area contributed by atoms with Crippen molar-refractivity contribution >= 4 is 16.7 Å². The first-order chi connectivity index (χ1) is 11.7. The Balaban J connectivity index is 1.91. The molecule has 1 unspecified atom stereocenters. The molecule has 0 radical (unpaired) electrons. The van der Waals surface area contributed by atoms with E-state index in [1.807, 2.05) is 18.2 Å². The van der Waals surface area contributed by atoms with Crippen molar-refractivity contribution < 1.29 is 14.6 Å². The minimum Gasteiger partial charge on any atom is -0.489 e. The number of carbonyl (C=O) groups is 1. The summed E-state index contributed by atoms with van der Waals surface area (Å²) in [6, 6.07) is 12.3. The van der Waals surface area contributed by atoms with E-state index in [1.54, 1.807) is 6.08 Å². The first-order valence-corrected chi connectivity index (χ1v) is 8.38. The molecule has 0 spiro atoms. The maximum Gasteiger partial charge on any atom is 0.307 e. The molecule has 24 heavy (non-hydrogen) atoms. The standard InChI is InChI=1S/C20H23NO3/c1-2-12-24-19-10-9-15-6-3-4-8-17(15)18(19)14-21-11-5-7-16(13-21)20(22)23/h2-4,6,8-10,16H,1,5,7,11-14H2,(H,22,23). The molecule has 0 amide bonds. The molecular weight excluding hydrogens is 302 g/mol. The zero-order valence-electron chi connectivity index (χ0n) is 13.8. The van der Waals surface area contributed by atoms with Gasteiger partial charge in [-0.2, -0.15) is 0 Å². The van der Waals surface area contributed by atoms with Crippen molar-refractivity contribution in [3.05, 3.63) is 54.6 Å². The van der Waals surface area contributed by atoms with E-state index in [0.29, 0.717) is 19.7 Å². The molecular formula is C20H23NO3. The van der Waals surface area contributed by atoms with Gasteiger partial charge in [0.1, 0.15) is 12.4 Å². The molecule has 1 atom stereocenters. The Morgan fingerprint density at radius 2 is 2.17 bits per heavy atom. The number of likely N-dealkylation sites (tertiary alicyclic amines) is 1. The number of piperidine rings is 1. The van der Waals surface area contributed by atoms with Gasteiger partial charge < -0.3 is 9.84 Å². The molecule has 126 valence electrons. The first-order valence-electron chi connectivity index (χ1n) is 8.38. The molecule has 1 fully saturated rings. The van der Waals surface area contributed by atoms with Gasteiger partial charge in [-0.3, -0.25) is 9.69 Å². The number of aliphatic carboxylic acids is 1. The Kier molecular flexibility index (Phi) is 5.16. The molecule has 4 heteroatoms. The lowest BCUT2D eigenvalue weighted by molar-refractivity contribution is -0.143. The fraction of sp³-hybridized carbons (Fsp3) is 0.350. The average molecular weight is 325 g/mol. The molecule has 3 rings (SSSR count). The predicted molar refractivity (Wildman–Crippen MR) is 95.3 cm³/mol. The summed E-state index contributed by atoms with van der Waals surface area (Å²) in [7, 11) is 0. The molecule has 2 aromatic rings. The van der Waals surface area contributed by atoms with Crippen LogP contribution in [0.3, 0.4) is 0 Å². The van der Waals surface area contributed by atoms with Gasteiger partial charge in [-0.15, -0.1) is 0 Å². The summed E-state index contributed by atoms with van der Waals surface area (Å²) in [6.07, 6.45) is 3.42. The Morgan fingerprint density at radius 3 is 2.96 bits per heavy atom. The monoisotopic (exact) mass is 325 g/mol. The predicted octanol–water partition coefficient (Wildman–Crippen LogP) is 3.70. The van der Waals surface area contributed by atoms with E-state index in [2.05, 4.69) is 29.7 Å². The molecule has 1 N–H and O–H groups in total. The van der Waals surface area contributed by atoms with E-state index >= 15 is 0 Å². The van der Waals surface area contributed by atoms with Gasteiger partial charge in [0.05, 0.1) is 5.92 Å². The zero-order chi connectivity index (χ0) is 16.9. The van der Waals surface area contributed by atoms with Crippen LogP contribution in [-0.2, 0) is 11.3 Å². The fourth-order valence-corrected chi connectivity index (χ4v) is 3.39. The lowest BCUT2D eigenvalue weighted by Gasteiger charge is -2.31. The number of ether oxygens (including phenoxy) is 1. The number of hydrogen-bond donors (Lipinski definition) is 1. The third kappa shape index (κ3) is 3.60. The van der Waals surface area contributed by atoms with Crippen LogP contribution in [-0.4, -0.2) is 35.7 Å². The minimum absolute atomic E-state index is 0.272. The van der Waals surface area contributed by atoms with Gasteiger partial charge in [0.25, 0.3) is 0 Å². The van der Waals surface area contributed by atoms with Crippen LogP contribution in [0.1, 0.15) is 18.4 Å². The van der Waals surface area contributed by atoms with Crippen LogP contribution >= 0.6 is 0 Å². The summed E-state index contributed by atoms with van der Waals surface area (Å²) in [5.41, 5.74) is 1.13. The highest BCUT2D eigenvalue weighted by Crippen LogP contribution is 2.31. The molecule has 0 saturated carbocycles. The Bertz CT molecular complexity index is 741. The number of rotatable bonds is 6. The molecule has 1 saturated heterocycles. The van der Waals surface area contributed by atoms with Crippen LogP contribution in [0.2, 0.25) is 0 Å². The molecule has 0 bridgehead atoms. The van der Waals surface area contributed by atoms with Gasteiger partial charge in [-0.25, -0.2) is 0 Å². The summed E-state index contributed by atoms with van der Waals surface area (Å²) in [6.45, 7) is 6.40. The first kappa shape index (κ1) is 16.5. The highest BCUT2D eigenvalue weighted by Gasteiger charge is 2.26. The number of fused-ring (bicyclic) bond motifs is 1. The number of benzene rings is 2. The quantitative estimate of drug-likeness (QED) is 0.823. The summed E-state index contributed by atoms with van der Waals surface area (Å²) in [4.78, 5) is 13.5. The lowest BCUT2D eigenvalue weighted by atomic mass is 9.96. The lowest BCUT2D eigenvalue weighted by Crippen LogP contribution is -2.38. The van der Waals surface area contributed by atoms with Crippen molar-refractivity contribution in [1.29, 1.82) is 0 Å². The van der Waals surface area contributed by atoms with E-state index in [9.17, 15) is 9.90 Å². The molecule has 1 aliphatic heterocycles. The smallest absolute Gasteiger partial charge is 0.307 e. The highest BCUT2D eigenvalue weighted by molar-refractivity contribution is 5.87. The third-order valence-corrected chi connectivity index (χ3v) is 4.59. The van der Waals surface area contributed by atoms with Crippen molar-refractivity contribution in [1.82, 2.24) is 4.90 Å². The molecule has 1 aliphatic rings. The average Bonchev–Trinajstić information content (AvgIpc) is 2.61. The SMILES string of the molecule is C=CCOc1ccc2ccccc2c1CN1CCCC(C(=O)O)C1. The van der Waals surface area contributed by atoms with E-state index < -0.39 is 5.97 Å². The minimum atomic E-state index is -0.694. The van der Waals surface area contributed by atoms with Crippen molar-refractivity contribution in [3.8, 4) is 5.75 Å². The second kappa shape index (κ2) is 7.49. The van der Waals surface area contributed by atoms with Crippen LogP contribution in [0, 0.1) is 5.92 Å². The van der Waals surface area contributed by atoms with Gasteiger partial charge in [0.15, 0.2) is 0 Å². The maximum absolute atomic E-state index is 11.3. The highest BCUT2D eigenvalue weighted by atomic mass is 16.5. The third-order valence-electron chi connectivity index (χ3n) is 4.59. The summed E-state index contributed by atoms with van der Waals surface area (Å²) in [5.74, 6) is -0.113. The largest absolute Gasteiger partial charge is 0.489 e. The Hall–Kier alpha value is -2.33. The van der Waals surface area contributed by atoms with Gasteiger partial charge in [0.2, 0.25) is 0 Å². The summed E-state index contributed by atoms with van der Waals surface area (Å²) in [5, 5.41) is 11.6. The molecule has 0 aromatic heterocycles. The van der Waals surface area contributed by atoms with E-state index in [0.717, 1.165) is 36.1 Å². The van der Waals surface area contributed by atoms with Gasteiger partial charge in [-0.05, 0) is 36.2 Å². The number of carboxylic acids is 1. The molecule has 4 nitrogen and oxygen atoms in total. The second-order valence-electron chi connectivity index (χ2n) is 6.28. The number of nitrogens with zero attached hydrogens (tertiary/aromatic N) is 1. The van der Waals surface area contributed by atoms with Crippen LogP contribution < -0.4 is 4.74 Å². The van der Waals surface area contributed by atoms with Crippen molar-refractivity contribution in [2.45, 2.75) is 19.4 Å². The van der Waals surface area contributed by atoms with Crippen LogP contribution in [0.25, 0.3) is 10.8 Å². The van der Waals surface area contributed by atoms with Gasteiger partial charge >= 0.3 is 5.97 Å². The topological polar surface area (TPSA) is 49.8 Å². The number of hydrogen-bond acceptors (Lipinski definition) is 3. The zero-order valence-corrected chi connectivity index (χ0v) is 13.8. The van der Waals surface area contributed by atoms with E-state index in [-0.39, 0.29) is 5.92 Å². The normalized spacial score (nSPS) is 18.4. The van der Waals surface area contributed by atoms with Crippen LogP contribution in [0.15, 0.2) is 49.1 Å². The van der Waals surface area contributed by atoms with Crippen molar-refractivity contribution in [2.75, 3.05) is 19.7 Å². The van der Waals surface area contributed by atoms with Crippen LogP contribution in [0.4, 0.5) is 0 Å². The van der Waals surface area contributed by atoms with Crippen molar-refractivity contribution in [3.63, 3.8) is 0 Å². The Labute approximate surface area is 142 Å². The Morgan fingerprint density at radius 1 is 1.33 bits per heavy atom. The fourth-order valence-electron chi connectivity index (χ4n) is 3.39. The molecule has 2 aromatic carbocycles. The van der Waals surface area contributed by atoms with Crippen LogP contribution in [0.5, 0.6) is 5.75 Å². The molecule has 0 aliphatic carbocycles. The van der Waals surface area contributed by atoms with E-state index in [1.165, 1.54) is 5.39 Å². The van der Waals surface area contributed by atoms with E-state index in [4.69, 9.17) is 4.74 Å².